The minimum absolute atomic E-state index is 0.00410. The lowest BCUT2D eigenvalue weighted by atomic mass is 10.1. The number of nitro groups is 1. The predicted octanol–water partition coefficient (Wildman–Crippen LogP) is 0.753. The van der Waals surface area contributed by atoms with Gasteiger partial charge in [0.2, 0.25) is 5.79 Å². The fraction of sp³-hybridized carbons (Fsp3) is 0.400. The van der Waals surface area contributed by atoms with Crippen LogP contribution in [0.4, 0.5) is 5.69 Å². The molecule has 0 atom stereocenters. The summed E-state index contributed by atoms with van der Waals surface area (Å²) < 4.78 is 10.9. The van der Waals surface area contributed by atoms with Crippen molar-refractivity contribution in [3.63, 3.8) is 0 Å². The van der Waals surface area contributed by atoms with Crippen molar-refractivity contribution in [1.82, 2.24) is 0 Å². The molecule has 0 radical (unpaired) electrons. The fourth-order valence-corrected chi connectivity index (χ4v) is 1.71. The Labute approximate surface area is 92.1 Å². The van der Waals surface area contributed by atoms with Crippen LogP contribution in [-0.4, -0.2) is 24.7 Å². The smallest absolute Gasteiger partial charge is 0.269 e. The topological polar surface area (TPSA) is 87.6 Å². The average Bonchev–Trinajstić information content (AvgIpc) is 2.79. The Kier molecular flexibility index (Phi) is 2.86. The van der Waals surface area contributed by atoms with Gasteiger partial charge < -0.3 is 15.2 Å². The van der Waals surface area contributed by atoms with Gasteiger partial charge in [0.05, 0.1) is 24.7 Å². The Balaban J connectivity index is 2.38. The highest BCUT2D eigenvalue weighted by atomic mass is 16.7. The van der Waals surface area contributed by atoms with Crippen molar-refractivity contribution >= 4 is 5.69 Å². The van der Waals surface area contributed by atoms with Crippen LogP contribution in [-0.2, 0) is 15.3 Å². The third kappa shape index (κ3) is 1.78. The normalized spacial score (nSPS) is 18.6. The van der Waals surface area contributed by atoms with Gasteiger partial charge in [0.25, 0.3) is 5.69 Å². The summed E-state index contributed by atoms with van der Waals surface area (Å²) in [4.78, 5) is 10.2. The second-order valence-electron chi connectivity index (χ2n) is 3.46. The van der Waals surface area contributed by atoms with Gasteiger partial charge in [-0.15, -0.1) is 0 Å². The quantitative estimate of drug-likeness (QED) is 0.604. The molecule has 0 saturated carbocycles. The number of non-ortho nitro benzene ring substituents is 1. The maximum absolute atomic E-state index is 10.7. The molecule has 0 unspecified atom stereocenters. The number of nitro benzene ring substituents is 1. The van der Waals surface area contributed by atoms with Gasteiger partial charge in [-0.25, -0.2) is 0 Å². The van der Waals surface area contributed by atoms with E-state index in [1.165, 1.54) is 12.1 Å². The summed E-state index contributed by atoms with van der Waals surface area (Å²) in [6, 6.07) is 6.15. The highest BCUT2D eigenvalue weighted by molar-refractivity contribution is 5.36. The summed E-state index contributed by atoms with van der Waals surface area (Å²) in [5.74, 6) is -1.02. The van der Waals surface area contributed by atoms with E-state index in [-0.39, 0.29) is 12.2 Å². The molecule has 1 heterocycles. The molecule has 1 saturated heterocycles. The van der Waals surface area contributed by atoms with E-state index < -0.39 is 10.7 Å². The summed E-state index contributed by atoms with van der Waals surface area (Å²) in [6.45, 7) is 1.02. The number of ether oxygens (including phenoxy) is 2. The third-order valence-electron chi connectivity index (χ3n) is 2.52. The Morgan fingerprint density at radius 2 is 2.12 bits per heavy atom. The molecule has 1 aliphatic heterocycles. The highest BCUT2D eigenvalue weighted by Crippen LogP contribution is 2.32. The predicted molar refractivity (Wildman–Crippen MR) is 55.7 cm³/mol. The molecule has 6 nitrogen and oxygen atoms in total. The Hall–Kier alpha value is -1.50. The van der Waals surface area contributed by atoms with Gasteiger partial charge in [0.1, 0.15) is 0 Å². The van der Waals surface area contributed by atoms with Crippen molar-refractivity contribution < 1.29 is 14.4 Å². The lowest BCUT2D eigenvalue weighted by Gasteiger charge is -2.25. The highest BCUT2D eigenvalue weighted by Gasteiger charge is 2.37. The van der Waals surface area contributed by atoms with Crippen LogP contribution >= 0.6 is 0 Å². The van der Waals surface area contributed by atoms with Crippen LogP contribution in [0.25, 0.3) is 0 Å². The molecule has 86 valence electrons. The standard InChI is InChI=1S/C10H12N2O4/c11-7-10(15-4-5-16-10)8-2-1-3-9(6-8)12(13)14/h1-3,6H,4-5,7,11H2. The summed E-state index contributed by atoms with van der Waals surface area (Å²) >= 11 is 0. The molecule has 0 aromatic heterocycles. The van der Waals surface area contributed by atoms with Crippen LogP contribution in [0.15, 0.2) is 24.3 Å². The molecule has 1 aliphatic rings. The number of hydrogen-bond acceptors (Lipinski definition) is 5. The molecule has 2 N–H and O–H groups in total. The average molecular weight is 224 g/mol. The van der Waals surface area contributed by atoms with Gasteiger partial charge in [-0.05, 0) is 0 Å². The van der Waals surface area contributed by atoms with Crippen LogP contribution in [0, 0.1) is 10.1 Å². The lowest BCUT2D eigenvalue weighted by Crippen LogP contribution is -2.36. The van der Waals surface area contributed by atoms with Crippen LogP contribution in [0.5, 0.6) is 0 Å². The first-order valence-corrected chi connectivity index (χ1v) is 4.91. The van der Waals surface area contributed by atoms with Crippen molar-refractivity contribution in [1.29, 1.82) is 0 Å². The Morgan fingerprint density at radius 3 is 2.69 bits per heavy atom. The second-order valence-corrected chi connectivity index (χ2v) is 3.46. The van der Waals surface area contributed by atoms with Gasteiger partial charge >= 0.3 is 0 Å². The van der Waals surface area contributed by atoms with E-state index >= 15 is 0 Å². The molecule has 1 aromatic carbocycles. The number of rotatable bonds is 3. The number of nitrogens with two attached hydrogens (primary N) is 1. The fourth-order valence-electron chi connectivity index (χ4n) is 1.71. The minimum Gasteiger partial charge on any atom is -0.342 e. The molecule has 0 amide bonds. The van der Waals surface area contributed by atoms with Gasteiger partial charge in [0.15, 0.2) is 0 Å². The molecule has 16 heavy (non-hydrogen) atoms. The zero-order chi connectivity index (χ0) is 11.6. The summed E-state index contributed by atoms with van der Waals surface area (Å²) in [5, 5.41) is 10.7. The molecule has 0 aliphatic carbocycles. The molecule has 0 bridgehead atoms. The largest absolute Gasteiger partial charge is 0.342 e. The number of hydrogen-bond donors (Lipinski definition) is 1. The molecule has 1 aromatic rings. The van der Waals surface area contributed by atoms with Gasteiger partial charge in [-0.3, -0.25) is 10.1 Å². The van der Waals surface area contributed by atoms with Crippen molar-refractivity contribution in [3.8, 4) is 0 Å². The number of nitrogens with zero attached hydrogens (tertiary/aromatic N) is 1. The minimum atomic E-state index is -1.02. The molecule has 1 fully saturated rings. The first-order chi connectivity index (χ1) is 7.68. The monoisotopic (exact) mass is 224 g/mol. The lowest BCUT2D eigenvalue weighted by molar-refractivity contribution is -0.385. The van der Waals surface area contributed by atoms with Gasteiger partial charge in [-0.2, -0.15) is 0 Å². The zero-order valence-corrected chi connectivity index (χ0v) is 8.59. The van der Waals surface area contributed by atoms with Crippen molar-refractivity contribution in [3.05, 3.63) is 39.9 Å². The first-order valence-electron chi connectivity index (χ1n) is 4.91. The third-order valence-corrected chi connectivity index (χ3v) is 2.52. The van der Waals surface area contributed by atoms with Crippen LogP contribution in [0.3, 0.4) is 0 Å². The van der Waals surface area contributed by atoms with Crippen LogP contribution in [0.2, 0.25) is 0 Å². The van der Waals surface area contributed by atoms with E-state index in [9.17, 15) is 10.1 Å². The van der Waals surface area contributed by atoms with E-state index in [0.29, 0.717) is 18.8 Å². The van der Waals surface area contributed by atoms with E-state index in [0.717, 1.165) is 0 Å². The van der Waals surface area contributed by atoms with Gasteiger partial charge in [-0.1, -0.05) is 12.1 Å². The molecule has 6 heteroatoms. The summed E-state index contributed by atoms with van der Waals surface area (Å²) in [6.07, 6.45) is 0. The van der Waals surface area contributed by atoms with Crippen molar-refractivity contribution in [2.75, 3.05) is 19.8 Å². The van der Waals surface area contributed by atoms with E-state index in [1.807, 2.05) is 0 Å². The van der Waals surface area contributed by atoms with E-state index in [2.05, 4.69) is 0 Å². The van der Waals surface area contributed by atoms with Crippen molar-refractivity contribution in [2.24, 2.45) is 5.73 Å². The number of benzene rings is 1. The summed E-state index contributed by atoms with van der Waals surface area (Å²) in [7, 11) is 0. The van der Waals surface area contributed by atoms with E-state index in [4.69, 9.17) is 15.2 Å². The zero-order valence-electron chi connectivity index (χ0n) is 8.59. The van der Waals surface area contributed by atoms with Crippen LogP contribution < -0.4 is 5.73 Å². The molecular formula is C10H12N2O4. The summed E-state index contributed by atoms with van der Waals surface area (Å²) in [5.41, 5.74) is 6.20. The molecule has 2 rings (SSSR count). The Morgan fingerprint density at radius 1 is 1.44 bits per heavy atom. The first kappa shape index (κ1) is 11.0. The Bertz CT molecular complexity index is 402. The van der Waals surface area contributed by atoms with E-state index in [1.54, 1.807) is 12.1 Å². The maximum Gasteiger partial charge on any atom is 0.269 e. The molecular weight excluding hydrogens is 212 g/mol. The molecule has 0 spiro atoms. The van der Waals surface area contributed by atoms with Crippen LogP contribution in [0.1, 0.15) is 5.56 Å². The second kappa shape index (κ2) is 4.17. The maximum atomic E-state index is 10.7. The van der Waals surface area contributed by atoms with Gasteiger partial charge in [0, 0.05) is 17.7 Å². The SMILES string of the molecule is NCC1(c2cccc([N+](=O)[O-])c2)OCCO1. The van der Waals surface area contributed by atoms with Crippen molar-refractivity contribution in [2.45, 2.75) is 5.79 Å².